The van der Waals surface area contributed by atoms with Crippen molar-refractivity contribution in [3.8, 4) is 5.75 Å². The Kier molecular flexibility index (Phi) is 6.95. The number of carbonyl (C=O) groups is 2. The van der Waals surface area contributed by atoms with Crippen molar-refractivity contribution < 1.29 is 14.3 Å². The van der Waals surface area contributed by atoms with Crippen LogP contribution in [-0.2, 0) is 4.79 Å². The van der Waals surface area contributed by atoms with Crippen LogP contribution in [-0.4, -0.2) is 60.9 Å². The van der Waals surface area contributed by atoms with Gasteiger partial charge < -0.3 is 14.5 Å². The molecule has 1 heterocycles. The largest absolute Gasteiger partial charge is 0.497 e. The van der Waals surface area contributed by atoms with Crippen LogP contribution in [0.25, 0.3) is 0 Å². The van der Waals surface area contributed by atoms with E-state index in [-0.39, 0.29) is 11.8 Å². The lowest BCUT2D eigenvalue weighted by atomic mass is 10.2. The number of nitrogens with zero attached hydrogens (tertiary/aromatic N) is 3. The third kappa shape index (κ3) is 5.10. The van der Waals surface area contributed by atoms with Crippen molar-refractivity contribution in [3.63, 3.8) is 0 Å². The van der Waals surface area contributed by atoms with Crippen molar-refractivity contribution in [1.82, 2.24) is 15.1 Å². The first kappa shape index (κ1) is 21.6. The van der Waals surface area contributed by atoms with Gasteiger partial charge in [-0.3, -0.25) is 14.9 Å². The van der Waals surface area contributed by atoms with Gasteiger partial charge in [-0.05, 0) is 42.8 Å². The zero-order chi connectivity index (χ0) is 21.7. The topological polar surface area (TPSA) is 74.2 Å². The second-order valence-electron chi connectivity index (χ2n) is 7.00. The number of ether oxygens (including phenoxy) is 1. The molecule has 0 spiro atoms. The predicted molar refractivity (Wildman–Crippen MR) is 118 cm³/mol. The molecule has 1 aliphatic heterocycles. The van der Waals surface area contributed by atoms with Crippen LogP contribution in [0, 0.1) is 6.92 Å². The normalized spacial score (nSPS) is 14.5. The van der Waals surface area contributed by atoms with Crippen LogP contribution in [0.5, 0.6) is 5.75 Å². The highest BCUT2D eigenvalue weighted by molar-refractivity contribution is 6.31. The van der Waals surface area contributed by atoms with Crippen LogP contribution in [0.3, 0.4) is 0 Å². The molecule has 1 N–H and O–H groups in total. The third-order valence-corrected chi connectivity index (χ3v) is 5.46. The van der Waals surface area contributed by atoms with E-state index in [2.05, 4.69) is 5.32 Å². The summed E-state index contributed by atoms with van der Waals surface area (Å²) < 4.78 is 5.21. The number of carbonyl (C=O) groups excluding carboxylic acids is 2. The summed E-state index contributed by atoms with van der Waals surface area (Å²) in [7, 11) is 1.56. The van der Waals surface area contributed by atoms with Crippen molar-refractivity contribution in [2.75, 3.05) is 33.3 Å². The molecule has 0 bridgehead atoms. The Hall–Kier alpha value is -3.06. The van der Waals surface area contributed by atoms with Gasteiger partial charge in [0.1, 0.15) is 5.75 Å². The highest BCUT2D eigenvalue weighted by Gasteiger charge is 2.23. The van der Waals surface area contributed by atoms with Gasteiger partial charge in [0.2, 0.25) is 11.9 Å². The van der Waals surface area contributed by atoms with Gasteiger partial charge in [0.25, 0.3) is 5.91 Å². The number of rotatable bonds is 3. The molecule has 0 atom stereocenters. The molecule has 1 aliphatic rings. The minimum absolute atomic E-state index is 0.0410. The lowest BCUT2D eigenvalue weighted by molar-refractivity contribution is -0.130. The van der Waals surface area contributed by atoms with Gasteiger partial charge in [-0.15, -0.1) is 0 Å². The molecule has 0 aliphatic carbocycles. The number of amides is 2. The Morgan fingerprint density at radius 3 is 2.40 bits per heavy atom. The molecule has 1 saturated heterocycles. The first-order chi connectivity index (χ1) is 14.4. The molecule has 1 fully saturated rings. The molecule has 2 aromatic carbocycles. The number of aliphatic imine (C=N–C) groups is 1. The van der Waals surface area contributed by atoms with E-state index >= 15 is 0 Å². The molecule has 30 heavy (non-hydrogen) atoms. The van der Waals surface area contributed by atoms with E-state index in [1.807, 2.05) is 24.0 Å². The van der Waals surface area contributed by atoms with Crippen molar-refractivity contribution in [2.24, 2.45) is 4.99 Å². The van der Waals surface area contributed by atoms with Crippen LogP contribution in [0.1, 0.15) is 22.8 Å². The zero-order valence-corrected chi connectivity index (χ0v) is 18.1. The predicted octanol–water partition coefficient (Wildman–Crippen LogP) is 3.24. The fourth-order valence-electron chi connectivity index (χ4n) is 3.18. The highest BCUT2D eigenvalue weighted by Crippen LogP contribution is 2.26. The van der Waals surface area contributed by atoms with Crippen LogP contribution in [0.2, 0.25) is 5.02 Å². The van der Waals surface area contributed by atoms with Gasteiger partial charge in [0.05, 0.1) is 12.8 Å². The van der Waals surface area contributed by atoms with Crippen LogP contribution in [0.15, 0.2) is 47.5 Å². The van der Waals surface area contributed by atoms with E-state index in [0.29, 0.717) is 54.2 Å². The fraction of sp³-hybridized carbons (Fsp3) is 0.318. The number of nitrogens with one attached hydrogen (secondary N) is 1. The number of halogens is 1. The van der Waals surface area contributed by atoms with Crippen molar-refractivity contribution >= 4 is 35.1 Å². The van der Waals surface area contributed by atoms with E-state index in [9.17, 15) is 9.59 Å². The number of guanidine groups is 1. The average molecular weight is 429 g/mol. The lowest BCUT2D eigenvalue weighted by Gasteiger charge is -2.36. The summed E-state index contributed by atoms with van der Waals surface area (Å²) in [5.41, 5.74) is 1.97. The lowest BCUT2D eigenvalue weighted by Crippen LogP contribution is -2.54. The Morgan fingerprint density at radius 2 is 1.73 bits per heavy atom. The molecule has 2 aromatic rings. The van der Waals surface area contributed by atoms with Gasteiger partial charge in [0.15, 0.2) is 0 Å². The summed E-state index contributed by atoms with van der Waals surface area (Å²) in [5.74, 6) is 0.777. The first-order valence-corrected chi connectivity index (χ1v) is 10.1. The maximum absolute atomic E-state index is 12.9. The van der Waals surface area contributed by atoms with Crippen LogP contribution < -0.4 is 10.1 Å². The summed E-state index contributed by atoms with van der Waals surface area (Å²) in [5, 5.41) is 3.54. The molecule has 2 amide bonds. The Bertz CT molecular complexity index is 969. The van der Waals surface area contributed by atoms with Gasteiger partial charge in [-0.1, -0.05) is 23.7 Å². The van der Waals surface area contributed by atoms with E-state index in [1.165, 1.54) is 0 Å². The molecule has 0 radical (unpaired) electrons. The number of piperazine rings is 1. The van der Waals surface area contributed by atoms with Crippen LogP contribution in [0.4, 0.5) is 5.69 Å². The number of hydrogen-bond donors (Lipinski definition) is 1. The standard InChI is InChI=1S/C22H25ClN4O3/c1-15-19(23)8-5-9-20(15)24-22(27-12-10-26(11-13-27)16(2)28)25-21(29)17-6-4-7-18(14-17)30-3/h4-9,14H,10-13H2,1-3H3,(H,24,25,29). The number of hydrogen-bond acceptors (Lipinski definition) is 4. The minimum Gasteiger partial charge on any atom is -0.497 e. The quantitative estimate of drug-likeness (QED) is 0.601. The first-order valence-electron chi connectivity index (χ1n) is 9.68. The molecule has 7 nitrogen and oxygen atoms in total. The van der Waals surface area contributed by atoms with E-state index in [4.69, 9.17) is 21.3 Å². The van der Waals surface area contributed by atoms with E-state index in [1.54, 1.807) is 49.3 Å². The van der Waals surface area contributed by atoms with Gasteiger partial charge >= 0.3 is 0 Å². The van der Waals surface area contributed by atoms with Crippen molar-refractivity contribution in [3.05, 3.63) is 58.6 Å². The average Bonchev–Trinajstić information content (AvgIpc) is 2.76. The van der Waals surface area contributed by atoms with Gasteiger partial charge in [0, 0.05) is 43.7 Å². The molecular weight excluding hydrogens is 404 g/mol. The van der Waals surface area contributed by atoms with Gasteiger partial charge in [-0.2, -0.15) is 0 Å². The molecule has 8 heteroatoms. The Balaban J connectivity index is 1.89. The summed E-state index contributed by atoms with van der Waals surface area (Å²) in [6.45, 7) is 5.71. The number of methoxy groups -OCH3 is 1. The molecular formula is C22H25ClN4O3. The van der Waals surface area contributed by atoms with Crippen molar-refractivity contribution in [2.45, 2.75) is 13.8 Å². The maximum Gasteiger partial charge on any atom is 0.258 e. The molecule has 0 aromatic heterocycles. The Labute approximate surface area is 181 Å². The highest BCUT2D eigenvalue weighted by atomic mass is 35.5. The summed E-state index contributed by atoms with van der Waals surface area (Å²) >= 11 is 6.24. The fourth-order valence-corrected chi connectivity index (χ4v) is 3.35. The second-order valence-corrected chi connectivity index (χ2v) is 7.41. The van der Waals surface area contributed by atoms with E-state index in [0.717, 1.165) is 5.56 Å². The molecule has 158 valence electrons. The van der Waals surface area contributed by atoms with Crippen molar-refractivity contribution in [1.29, 1.82) is 0 Å². The van der Waals surface area contributed by atoms with Gasteiger partial charge in [-0.25, -0.2) is 4.99 Å². The van der Waals surface area contributed by atoms with E-state index < -0.39 is 0 Å². The third-order valence-electron chi connectivity index (χ3n) is 5.05. The monoisotopic (exact) mass is 428 g/mol. The molecule has 3 rings (SSSR count). The molecule has 0 saturated carbocycles. The van der Waals surface area contributed by atoms with Crippen LogP contribution >= 0.6 is 11.6 Å². The second kappa shape index (κ2) is 9.63. The zero-order valence-electron chi connectivity index (χ0n) is 17.3. The number of benzene rings is 2. The summed E-state index contributed by atoms with van der Waals surface area (Å²) in [6.07, 6.45) is 0. The molecule has 0 unspecified atom stereocenters. The maximum atomic E-state index is 12.9. The SMILES string of the molecule is COc1cccc(C(=O)NC(=Nc2cccc(Cl)c2C)N2CCN(C(C)=O)CC2)c1. The minimum atomic E-state index is -0.290. The Morgan fingerprint density at radius 1 is 1.07 bits per heavy atom. The smallest absolute Gasteiger partial charge is 0.258 e. The summed E-state index contributed by atoms with van der Waals surface area (Å²) in [6, 6.07) is 12.4. The summed E-state index contributed by atoms with van der Waals surface area (Å²) in [4.78, 5) is 33.0.